The third kappa shape index (κ3) is 4.59. The van der Waals surface area contributed by atoms with Crippen LogP contribution < -0.4 is 10.6 Å². The molecule has 6 heteroatoms. The van der Waals surface area contributed by atoms with Crippen LogP contribution >= 0.6 is 24.8 Å². The number of piperidine rings is 1. The Morgan fingerprint density at radius 2 is 1.92 bits per heavy atom. The quantitative estimate of drug-likeness (QED) is 0.870. The van der Waals surface area contributed by atoms with Crippen molar-refractivity contribution in [3.63, 3.8) is 0 Å². The summed E-state index contributed by atoms with van der Waals surface area (Å²) < 4.78 is 0. The van der Waals surface area contributed by atoms with E-state index in [1.165, 1.54) is 0 Å². The zero-order valence-electron chi connectivity index (χ0n) is 14.1. The molecule has 0 radical (unpaired) electrons. The highest BCUT2D eigenvalue weighted by Crippen LogP contribution is 2.27. The molecule has 1 aromatic carbocycles. The van der Waals surface area contributed by atoms with E-state index >= 15 is 0 Å². The van der Waals surface area contributed by atoms with Crippen molar-refractivity contribution in [1.29, 1.82) is 0 Å². The molecule has 0 atom stereocenters. The first kappa shape index (κ1) is 20.7. The van der Waals surface area contributed by atoms with E-state index in [2.05, 4.69) is 22.5 Å². The molecular formula is C18H25Cl2N3O. The molecule has 3 rings (SSSR count). The van der Waals surface area contributed by atoms with Gasteiger partial charge in [0.15, 0.2) is 0 Å². The first-order chi connectivity index (χ1) is 10.6. The van der Waals surface area contributed by atoms with Gasteiger partial charge in [0, 0.05) is 17.6 Å². The van der Waals surface area contributed by atoms with Gasteiger partial charge in [0.05, 0.1) is 11.1 Å². The molecule has 132 valence electrons. The number of aromatic nitrogens is 1. The Morgan fingerprint density at radius 1 is 1.21 bits per heavy atom. The molecular weight excluding hydrogens is 345 g/mol. The molecule has 2 aromatic rings. The van der Waals surface area contributed by atoms with Gasteiger partial charge in [-0.2, -0.15) is 0 Å². The van der Waals surface area contributed by atoms with Crippen LogP contribution in [-0.4, -0.2) is 30.5 Å². The van der Waals surface area contributed by atoms with Gasteiger partial charge in [0.2, 0.25) is 0 Å². The fourth-order valence-electron chi connectivity index (χ4n) is 3.02. The number of hydrogen-bond donors (Lipinski definition) is 2. The summed E-state index contributed by atoms with van der Waals surface area (Å²) in [6, 6.07) is 9.75. The summed E-state index contributed by atoms with van der Waals surface area (Å²) in [5.41, 5.74) is 2.57. The Labute approximate surface area is 155 Å². The molecule has 4 nitrogen and oxygen atoms in total. The third-order valence-corrected chi connectivity index (χ3v) is 4.59. The van der Waals surface area contributed by atoms with Gasteiger partial charge in [-0.1, -0.05) is 25.1 Å². The highest BCUT2D eigenvalue weighted by Gasteiger charge is 2.27. The minimum Gasteiger partial charge on any atom is -0.351 e. The van der Waals surface area contributed by atoms with Crippen molar-refractivity contribution in [2.75, 3.05) is 19.6 Å². The maximum atomic E-state index is 12.6. The number of pyridine rings is 1. The summed E-state index contributed by atoms with van der Waals surface area (Å²) in [4.78, 5) is 17.1. The molecule has 0 aliphatic carbocycles. The number of fused-ring (bicyclic) bond motifs is 1. The number of rotatable bonds is 3. The zero-order valence-corrected chi connectivity index (χ0v) is 15.7. The lowest BCUT2D eigenvalue weighted by Gasteiger charge is -2.34. The van der Waals surface area contributed by atoms with Gasteiger partial charge < -0.3 is 10.6 Å². The molecule has 1 fully saturated rings. The molecule has 0 unspecified atom stereocenters. The van der Waals surface area contributed by atoms with Crippen LogP contribution in [-0.2, 0) is 0 Å². The number of carbonyl (C=O) groups excluding carboxylic acids is 1. The Balaban J connectivity index is 0.00000144. The molecule has 2 heterocycles. The summed E-state index contributed by atoms with van der Waals surface area (Å²) in [7, 11) is 0. The van der Waals surface area contributed by atoms with E-state index in [0.717, 1.165) is 49.1 Å². The van der Waals surface area contributed by atoms with E-state index in [1.807, 2.05) is 37.3 Å². The van der Waals surface area contributed by atoms with Crippen molar-refractivity contribution in [3.05, 3.63) is 41.6 Å². The molecule has 1 aliphatic rings. The van der Waals surface area contributed by atoms with E-state index < -0.39 is 0 Å². The van der Waals surface area contributed by atoms with E-state index in [9.17, 15) is 4.79 Å². The number of amides is 1. The van der Waals surface area contributed by atoms with Gasteiger partial charge in [0.25, 0.3) is 5.91 Å². The van der Waals surface area contributed by atoms with Crippen LogP contribution in [0.25, 0.3) is 10.9 Å². The Bertz CT molecular complexity index is 700. The normalized spacial score (nSPS) is 15.9. The Kier molecular flexibility index (Phi) is 7.46. The highest BCUT2D eigenvalue weighted by atomic mass is 35.5. The van der Waals surface area contributed by atoms with Crippen LogP contribution in [0.1, 0.15) is 35.8 Å². The number of hydrogen-bond acceptors (Lipinski definition) is 3. The lowest BCUT2D eigenvalue weighted by molar-refractivity contribution is 0.0924. The predicted molar refractivity (Wildman–Crippen MR) is 104 cm³/mol. The van der Waals surface area contributed by atoms with Crippen LogP contribution in [0.4, 0.5) is 0 Å². The number of carbonyl (C=O) groups is 1. The number of nitrogens with zero attached hydrogens (tertiary/aromatic N) is 1. The maximum Gasteiger partial charge on any atom is 0.253 e. The van der Waals surface area contributed by atoms with Crippen molar-refractivity contribution >= 4 is 41.6 Å². The van der Waals surface area contributed by atoms with Crippen molar-refractivity contribution in [2.45, 2.75) is 26.7 Å². The number of halogens is 2. The third-order valence-electron chi connectivity index (χ3n) is 4.59. The van der Waals surface area contributed by atoms with Crippen molar-refractivity contribution < 1.29 is 4.79 Å². The molecule has 1 aromatic heterocycles. The molecule has 1 saturated heterocycles. The maximum absolute atomic E-state index is 12.6. The van der Waals surface area contributed by atoms with E-state index in [4.69, 9.17) is 0 Å². The number of para-hydroxylation sites is 1. The molecule has 0 saturated carbocycles. The molecule has 0 bridgehead atoms. The van der Waals surface area contributed by atoms with E-state index in [1.54, 1.807) is 0 Å². The van der Waals surface area contributed by atoms with E-state index in [0.29, 0.717) is 5.56 Å². The second kappa shape index (κ2) is 8.65. The van der Waals surface area contributed by atoms with Gasteiger partial charge in [-0.05, 0) is 50.4 Å². The summed E-state index contributed by atoms with van der Waals surface area (Å²) >= 11 is 0. The SMILES string of the molecule is Cc1ccc2cccc(C(=O)NCC3(C)CCNCC3)c2n1.Cl.Cl. The fraction of sp³-hybridized carbons (Fsp3) is 0.444. The summed E-state index contributed by atoms with van der Waals surface area (Å²) in [6.45, 7) is 6.97. The van der Waals surface area contributed by atoms with Crippen LogP contribution in [0.3, 0.4) is 0 Å². The zero-order chi connectivity index (χ0) is 15.6. The largest absolute Gasteiger partial charge is 0.351 e. The van der Waals surface area contributed by atoms with Gasteiger partial charge in [-0.25, -0.2) is 0 Å². The van der Waals surface area contributed by atoms with Crippen LogP contribution in [0, 0.1) is 12.3 Å². The van der Waals surface area contributed by atoms with Crippen LogP contribution in [0.5, 0.6) is 0 Å². The fourth-order valence-corrected chi connectivity index (χ4v) is 3.02. The minimum atomic E-state index is -0.0246. The van der Waals surface area contributed by atoms with Crippen molar-refractivity contribution in [2.24, 2.45) is 5.41 Å². The Morgan fingerprint density at radius 3 is 2.62 bits per heavy atom. The van der Waals surface area contributed by atoms with Crippen molar-refractivity contribution in [3.8, 4) is 0 Å². The highest BCUT2D eigenvalue weighted by molar-refractivity contribution is 6.05. The van der Waals surface area contributed by atoms with Gasteiger partial charge >= 0.3 is 0 Å². The lowest BCUT2D eigenvalue weighted by Crippen LogP contribution is -2.42. The summed E-state index contributed by atoms with van der Waals surface area (Å²) in [5.74, 6) is -0.0246. The van der Waals surface area contributed by atoms with E-state index in [-0.39, 0.29) is 36.1 Å². The standard InChI is InChI=1S/C18H23N3O.2ClH/c1-13-6-7-14-4-3-5-15(16(14)21-13)17(22)20-12-18(2)8-10-19-11-9-18;;/h3-7,19H,8-12H2,1-2H3,(H,20,22);2*1H. The van der Waals surface area contributed by atoms with Gasteiger partial charge in [-0.15, -0.1) is 24.8 Å². The number of aryl methyl sites for hydroxylation is 1. The van der Waals surface area contributed by atoms with Crippen molar-refractivity contribution in [1.82, 2.24) is 15.6 Å². The summed E-state index contributed by atoms with van der Waals surface area (Å²) in [6.07, 6.45) is 2.19. The first-order valence-electron chi connectivity index (χ1n) is 7.93. The molecule has 24 heavy (non-hydrogen) atoms. The lowest BCUT2D eigenvalue weighted by atomic mass is 9.81. The predicted octanol–water partition coefficient (Wildman–Crippen LogP) is 3.51. The molecule has 1 amide bonds. The second-order valence-electron chi connectivity index (χ2n) is 6.57. The average molecular weight is 370 g/mol. The Hall–Kier alpha value is -1.36. The average Bonchev–Trinajstić information content (AvgIpc) is 2.53. The second-order valence-corrected chi connectivity index (χ2v) is 6.57. The van der Waals surface area contributed by atoms with Gasteiger partial charge in [0.1, 0.15) is 0 Å². The smallest absolute Gasteiger partial charge is 0.253 e. The monoisotopic (exact) mass is 369 g/mol. The summed E-state index contributed by atoms with van der Waals surface area (Å²) in [5, 5.41) is 7.49. The first-order valence-corrected chi connectivity index (χ1v) is 7.93. The van der Waals surface area contributed by atoms with Crippen LogP contribution in [0.2, 0.25) is 0 Å². The molecule has 0 spiro atoms. The topological polar surface area (TPSA) is 54.0 Å². The molecule has 2 N–H and O–H groups in total. The number of benzene rings is 1. The van der Waals surface area contributed by atoms with Crippen LogP contribution in [0.15, 0.2) is 30.3 Å². The minimum absolute atomic E-state index is 0. The van der Waals surface area contributed by atoms with Gasteiger partial charge in [-0.3, -0.25) is 9.78 Å². The number of nitrogens with one attached hydrogen (secondary N) is 2. The molecule has 1 aliphatic heterocycles.